The Kier molecular flexibility index (Phi) is 2.14. The number of rotatable bonds is 2. The predicted molar refractivity (Wildman–Crippen MR) is 70.8 cm³/mol. The maximum absolute atomic E-state index is 5.03. The molecule has 0 spiro atoms. The molecule has 0 saturated heterocycles. The SMILES string of the molecule is c1cc(Cc2cccc3nocc23)c2conc2c1. The highest BCUT2D eigenvalue weighted by Crippen LogP contribution is 2.24. The van der Waals surface area contributed by atoms with E-state index in [4.69, 9.17) is 9.05 Å². The van der Waals surface area contributed by atoms with Crippen molar-refractivity contribution in [2.75, 3.05) is 0 Å². The van der Waals surface area contributed by atoms with Crippen molar-refractivity contribution in [3.63, 3.8) is 0 Å². The summed E-state index contributed by atoms with van der Waals surface area (Å²) in [5.41, 5.74) is 4.14. The molecule has 0 unspecified atom stereocenters. The molecule has 2 aromatic heterocycles. The summed E-state index contributed by atoms with van der Waals surface area (Å²) in [5.74, 6) is 0. The van der Waals surface area contributed by atoms with Gasteiger partial charge in [0.15, 0.2) is 0 Å². The molecule has 19 heavy (non-hydrogen) atoms. The quantitative estimate of drug-likeness (QED) is 0.545. The number of fused-ring (bicyclic) bond motifs is 2. The minimum Gasteiger partial charge on any atom is -0.363 e. The fourth-order valence-electron chi connectivity index (χ4n) is 2.42. The zero-order valence-electron chi connectivity index (χ0n) is 10.0. The largest absolute Gasteiger partial charge is 0.363 e. The minimum atomic E-state index is 0.803. The van der Waals surface area contributed by atoms with Gasteiger partial charge in [0.25, 0.3) is 0 Å². The maximum Gasteiger partial charge on any atom is 0.131 e. The molecule has 0 saturated carbocycles. The van der Waals surface area contributed by atoms with Gasteiger partial charge in [0.1, 0.15) is 23.6 Å². The highest BCUT2D eigenvalue weighted by molar-refractivity contribution is 5.84. The van der Waals surface area contributed by atoms with Gasteiger partial charge in [0, 0.05) is 10.8 Å². The van der Waals surface area contributed by atoms with E-state index in [0.717, 1.165) is 28.2 Å². The Bertz CT molecular complexity index is 788. The molecule has 4 aromatic rings. The van der Waals surface area contributed by atoms with E-state index < -0.39 is 0 Å². The average Bonchev–Trinajstić information content (AvgIpc) is 3.08. The number of aromatic nitrogens is 2. The molecule has 0 radical (unpaired) electrons. The summed E-state index contributed by atoms with van der Waals surface area (Å²) < 4.78 is 10.1. The molecule has 4 rings (SSSR count). The zero-order valence-corrected chi connectivity index (χ0v) is 10.0. The van der Waals surface area contributed by atoms with Gasteiger partial charge in [-0.3, -0.25) is 0 Å². The molecule has 2 heterocycles. The first-order chi connectivity index (χ1) is 9.42. The summed E-state index contributed by atoms with van der Waals surface area (Å²) in [4.78, 5) is 0. The van der Waals surface area contributed by atoms with Crippen LogP contribution in [0.2, 0.25) is 0 Å². The molecule has 0 bridgehead atoms. The summed E-state index contributed by atoms with van der Waals surface area (Å²) in [6, 6.07) is 12.1. The van der Waals surface area contributed by atoms with E-state index in [2.05, 4.69) is 22.4 Å². The molecule has 4 nitrogen and oxygen atoms in total. The van der Waals surface area contributed by atoms with E-state index in [1.807, 2.05) is 24.3 Å². The first-order valence-corrected chi connectivity index (χ1v) is 6.06. The second kappa shape index (κ2) is 3.95. The summed E-state index contributed by atoms with van der Waals surface area (Å²) in [7, 11) is 0. The molecular formula is C15H10N2O2. The highest BCUT2D eigenvalue weighted by atomic mass is 16.5. The van der Waals surface area contributed by atoms with Crippen LogP contribution >= 0.6 is 0 Å². The number of hydrogen-bond acceptors (Lipinski definition) is 4. The zero-order chi connectivity index (χ0) is 12.7. The summed E-state index contributed by atoms with van der Waals surface area (Å²) in [6.45, 7) is 0. The lowest BCUT2D eigenvalue weighted by Gasteiger charge is -2.03. The minimum absolute atomic E-state index is 0.803. The molecule has 92 valence electrons. The van der Waals surface area contributed by atoms with E-state index in [1.54, 1.807) is 12.5 Å². The van der Waals surface area contributed by atoms with Crippen LogP contribution in [0, 0.1) is 0 Å². The molecule has 0 aliphatic rings. The summed E-state index contributed by atoms with van der Waals surface area (Å²) in [6.07, 6.45) is 4.19. The van der Waals surface area contributed by atoms with E-state index in [-0.39, 0.29) is 0 Å². The number of benzene rings is 2. The predicted octanol–water partition coefficient (Wildman–Crippen LogP) is 3.56. The van der Waals surface area contributed by atoms with Gasteiger partial charge in [0.05, 0.1) is 0 Å². The van der Waals surface area contributed by atoms with Gasteiger partial charge < -0.3 is 9.05 Å². The van der Waals surface area contributed by atoms with Gasteiger partial charge in [-0.2, -0.15) is 0 Å². The molecule has 0 atom stereocenters. The van der Waals surface area contributed by atoms with Crippen molar-refractivity contribution >= 4 is 21.8 Å². The first kappa shape index (κ1) is 10.3. The first-order valence-electron chi connectivity index (χ1n) is 6.06. The van der Waals surface area contributed by atoms with Crippen molar-refractivity contribution in [1.82, 2.24) is 10.3 Å². The maximum atomic E-state index is 5.03. The van der Waals surface area contributed by atoms with Crippen LogP contribution in [-0.2, 0) is 6.42 Å². The highest BCUT2D eigenvalue weighted by Gasteiger charge is 2.09. The van der Waals surface area contributed by atoms with Crippen LogP contribution in [0.3, 0.4) is 0 Å². The van der Waals surface area contributed by atoms with Crippen molar-refractivity contribution in [3.8, 4) is 0 Å². The second-order valence-corrected chi connectivity index (χ2v) is 4.51. The van der Waals surface area contributed by atoms with E-state index in [9.17, 15) is 0 Å². The average molecular weight is 250 g/mol. The Morgan fingerprint density at radius 2 is 1.26 bits per heavy atom. The van der Waals surface area contributed by atoms with Gasteiger partial charge in [-0.15, -0.1) is 0 Å². The number of hydrogen-bond donors (Lipinski definition) is 0. The van der Waals surface area contributed by atoms with E-state index >= 15 is 0 Å². The standard InChI is InChI=1S/C15H10N2O2/c1-3-10(12-8-18-16-14(12)5-1)7-11-4-2-6-15-13(11)9-19-17-15/h1-6,8-9H,7H2. The third kappa shape index (κ3) is 1.61. The van der Waals surface area contributed by atoms with Crippen LogP contribution in [0.5, 0.6) is 0 Å². The Morgan fingerprint density at radius 1 is 0.737 bits per heavy atom. The van der Waals surface area contributed by atoms with Gasteiger partial charge in [0.2, 0.25) is 0 Å². The van der Waals surface area contributed by atoms with Crippen LogP contribution in [0.15, 0.2) is 58.0 Å². The fourth-order valence-corrected chi connectivity index (χ4v) is 2.42. The lowest BCUT2D eigenvalue weighted by atomic mass is 9.99. The molecule has 0 N–H and O–H groups in total. The monoisotopic (exact) mass is 250 g/mol. The lowest BCUT2D eigenvalue weighted by Crippen LogP contribution is -1.89. The molecule has 0 fully saturated rings. The van der Waals surface area contributed by atoms with Crippen LogP contribution in [0.4, 0.5) is 0 Å². The van der Waals surface area contributed by atoms with Crippen LogP contribution in [0.25, 0.3) is 21.8 Å². The van der Waals surface area contributed by atoms with Gasteiger partial charge in [-0.05, 0) is 29.7 Å². The third-order valence-electron chi connectivity index (χ3n) is 3.37. The van der Waals surface area contributed by atoms with Crippen molar-refractivity contribution < 1.29 is 9.05 Å². The van der Waals surface area contributed by atoms with Gasteiger partial charge in [-0.25, -0.2) is 0 Å². The second-order valence-electron chi connectivity index (χ2n) is 4.51. The molecule has 0 aliphatic carbocycles. The molecular weight excluding hydrogens is 240 g/mol. The topological polar surface area (TPSA) is 52.1 Å². The Morgan fingerprint density at radius 3 is 1.79 bits per heavy atom. The van der Waals surface area contributed by atoms with E-state index in [0.29, 0.717) is 0 Å². The van der Waals surface area contributed by atoms with Crippen LogP contribution < -0.4 is 0 Å². The van der Waals surface area contributed by atoms with Crippen molar-refractivity contribution in [1.29, 1.82) is 0 Å². The van der Waals surface area contributed by atoms with Crippen LogP contribution in [0.1, 0.15) is 11.1 Å². The smallest absolute Gasteiger partial charge is 0.131 e. The third-order valence-corrected chi connectivity index (χ3v) is 3.37. The van der Waals surface area contributed by atoms with Crippen molar-refractivity contribution in [2.24, 2.45) is 0 Å². The fraction of sp³-hybridized carbons (Fsp3) is 0.0667. The van der Waals surface area contributed by atoms with Crippen molar-refractivity contribution in [3.05, 3.63) is 60.1 Å². The lowest BCUT2D eigenvalue weighted by molar-refractivity contribution is 0.428. The normalized spacial score (nSPS) is 11.4. The van der Waals surface area contributed by atoms with Crippen LogP contribution in [-0.4, -0.2) is 10.3 Å². The molecule has 2 aromatic carbocycles. The van der Waals surface area contributed by atoms with E-state index in [1.165, 1.54) is 11.1 Å². The molecule has 0 amide bonds. The summed E-state index contributed by atoms with van der Waals surface area (Å²) in [5, 5.41) is 10.0. The van der Waals surface area contributed by atoms with Gasteiger partial charge >= 0.3 is 0 Å². The number of nitrogens with zero attached hydrogens (tertiary/aromatic N) is 2. The Hall–Kier alpha value is -2.62. The van der Waals surface area contributed by atoms with Crippen molar-refractivity contribution in [2.45, 2.75) is 6.42 Å². The summed E-state index contributed by atoms with van der Waals surface area (Å²) >= 11 is 0. The molecule has 4 heteroatoms. The van der Waals surface area contributed by atoms with Gasteiger partial charge in [-0.1, -0.05) is 34.6 Å². The Balaban J connectivity index is 1.86. The Labute approximate surface area is 108 Å². The molecule has 0 aliphatic heterocycles.